The van der Waals surface area contributed by atoms with Crippen molar-refractivity contribution in [1.82, 2.24) is 15.2 Å². The molecular weight excluding hydrogens is 436 g/mol. The highest BCUT2D eigenvalue weighted by molar-refractivity contribution is 6.03. The van der Waals surface area contributed by atoms with Crippen molar-refractivity contribution in [2.24, 2.45) is 5.10 Å². The molecule has 0 unspecified atom stereocenters. The maximum Gasteiger partial charge on any atom is 0.317 e. The molecule has 182 valence electrons. The van der Waals surface area contributed by atoms with Crippen molar-refractivity contribution in [2.75, 3.05) is 47.6 Å². The van der Waals surface area contributed by atoms with Gasteiger partial charge in [0.2, 0.25) is 0 Å². The number of ether oxygens (including phenoxy) is 3. The monoisotopic (exact) mass is 468 g/mol. The van der Waals surface area contributed by atoms with Gasteiger partial charge in [-0.05, 0) is 36.8 Å². The van der Waals surface area contributed by atoms with Crippen LogP contribution in [0.15, 0.2) is 53.6 Å². The Morgan fingerprint density at radius 1 is 1.09 bits per heavy atom. The van der Waals surface area contributed by atoms with Gasteiger partial charge >= 0.3 is 6.03 Å². The summed E-state index contributed by atoms with van der Waals surface area (Å²) < 4.78 is 15.7. The molecule has 1 atom stereocenters. The lowest BCUT2D eigenvalue weighted by atomic mass is 9.98. The first-order valence-electron chi connectivity index (χ1n) is 11.2. The van der Waals surface area contributed by atoms with Crippen LogP contribution in [-0.2, 0) is 9.53 Å². The Kier molecular flexibility index (Phi) is 8.86. The first-order valence-corrected chi connectivity index (χ1v) is 11.2. The van der Waals surface area contributed by atoms with Crippen LogP contribution >= 0.6 is 0 Å². The van der Waals surface area contributed by atoms with E-state index in [2.05, 4.69) is 5.32 Å². The summed E-state index contributed by atoms with van der Waals surface area (Å²) in [5.74, 6) is 1.17. The molecule has 1 aliphatic heterocycles. The number of hydrogen-bond donors (Lipinski definition) is 1. The van der Waals surface area contributed by atoms with E-state index in [4.69, 9.17) is 19.3 Å². The van der Waals surface area contributed by atoms with Gasteiger partial charge in [-0.15, -0.1) is 0 Å². The maximum absolute atomic E-state index is 13.4. The molecule has 0 radical (unpaired) electrons. The minimum absolute atomic E-state index is 0.114. The SMILES string of the molecule is CCNC(=O)N(CCOC)CC(=O)N1N=C(c2cccc(OC)c2)C[C@@H]1c1ccc(OC)cc1. The van der Waals surface area contributed by atoms with Crippen LogP contribution in [0.2, 0.25) is 0 Å². The van der Waals surface area contributed by atoms with Gasteiger partial charge in [0.25, 0.3) is 5.91 Å². The van der Waals surface area contributed by atoms with E-state index in [1.165, 1.54) is 9.91 Å². The number of carbonyl (C=O) groups excluding carboxylic acids is 2. The molecule has 0 aromatic heterocycles. The number of urea groups is 1. The molecule has 9 heteroatoms. The average Bonchev–Trinajstić information content (AvgIpc) is 3.32. The van der Waals surface area contributed by atoms with Crippen LogP contribution < -0.4 is 14.8 Å². The molecule has 34 heavy (non-hydrogen) atoms. The van der Waals surface area contributed by atoms with Gasteiger partial charge < -0.3 is 24.4 Å². The van der Waals surface area contributed by atoms with E-state index in [-0.39, 0.29) is 24.5 Å². The zero-order chi connectivity index (χ0) is 24.5. The van der Waals surface area contributed by atoms with Gasteiger partial charge in [0.1, 0.15) is 18.0 Å². The molecule has 2 aromatic rings. The normalized spacial score (nSPS) is 15.0. The molecule has 0 fully saturated rings. The molecule has 0 saturated heterocycles. The highest BCUT2D eigenvalue weighted by Gasteiger charge is 2.34. The summed E-state index contributed by atoms with van der Waals surface area (Å²) in [5, 5.41) is 8.93. The fourth-order valence-corrected chi connectivity index (χ4v) is 3.76. The second-order valence-electron chi connectivity index (χ2n) is 7.76. The van der Waals surface area contributed by atoms with Gasteiger partial charge in [0, 0.05) is 32.2 Å². The van der Waals surface area contributed by atoms with Crippen molar-refractivity contribution in [3.8, 4) is 11.5 Å². The Hall–Kier alpha value is -3.59. The van der Waals surface area contributed by atoms with Gasteiger partial charge in [-0.2, -0.15) is 5.10 Å². The fraction of sp³-hybridized carbons (Fsp3) is 0.400. The number of nitrogens with one attached hydrogen (secondary N) is 1. The molecule has 1 N–H and O–H groups in total. The molecule has 9 nitrogen and oxygen atoms in total. The Balaban J connectivity index is 1.90. The van der Waals surface area contributed by atoms with Gasteiger partial charge in [-0.3, -0.25) is 4.79 Å². The Bertz CT molecular complexity index is 1010. The summed E-state index contributed by atoms with van der Waals surface area (Å²) in [5.41, 5.74) is 2.58. The summed E-state index contributed by atoms with van der Waals surface area (Å²) in [6, 6.07) is 14.6. The van der Waals surface area contributed by atoms with Crippen LogP contribution in [0.1, 0.15) is 30.5 Å². The quantitative estimate of drug-likeness (QED) is 0.579. The van der Waals surface area contributed by atoms with Crippen molar-refractivity contribution in [3.05, 3.63) is 59.7 Å². The van der Waals surface area contributed by atoms with Crippen molar-refractivity contribution >= 4 is 17.6 Å². The van der Waals surface area contributed by atoms with E-state index in [0.29, 0.717) is 31.9 Å². The molecule has 0 saturated carbocycles. The van der Waals surface area contributed by atoms with Gasteiger partial charge in [0.15, 0.2) is 0 Å². The first kappa shape index (κ1) is 25.0. The highest BCUT2D eigenvalue weighted by Crippen LogP contribution is 2.34. The smallest absolute Gasteiger partial charge is 0.317 e. The third kappa shape index (κ3) is 6.05. The third-order valence-corrected chi connectivity index (χ3v) is 5.58. The molecule has 0 bridgehead atoms. The lowest BCUT2D eigenvalue weighted by Crippen LogP contribution is -2.47. The number of benzene rings is 2. The summed E-state index contributed by atoms with van der Waals surface area (Å²) in [6.45, 7) is 2.80. The number of amides is 3. The molecule has 1 aliphatic rings. The molecule has 0 aliphatic carbocycles. The lowest BCUT2D eigenvalue weighted by molar-refractivity contribution is -0.133. The van der Waals surface area contributed by atoms with Crippen molar-refractivity contribution < 1.29 is 23.8 Å². The molecule has 3 amide bonds. The Morgan fingerprint density at radius 2 is 1.82 bits per heavy atom. The zero-order valence-corrected chi connectivity index (χ0v) is 20.1. The third-order valence-electron chi connectivity index (χ3n) is 5.58. The largest absolute Gasteiger partial charge is 0.497 e. The van der Waals surface area contributed by atoms with E-state index >= 15 is 0 Å². The lowest BCUT2D eigenvalue weighted by Gasteiger charge is -2.27. The molecule has 2 aromatic carbocycles. The van der Waals surface area contributed by atoms with Crippen LogP contribution in [0.3, 0.4) is 0 Å². The number of rotatable bonds is 10. The van der Waals surface area contributed by atoms with E-state index in [1.54, 1.807) is 21.3 Å². The molecule has 1 heterocycles. The van der Waals surface area contributed by atoms with Crippen molar-refractivity contribution in [1.29, 1.82) is 0 Å². The minimum Gasteiger partial charge on any atom is -0.497 e. The van der Waals surface area contributed by atoms with Crippen molar-refractivity contribution in [2.45, 2.75) is 19.4 Å². The number of methoxy groups -OCH3 is 3. The Morgan fingerprint density at radius 3 is 2.47 bits per heavy atom. The van der Waals surface area contributed by atoms with Crippen LogP contribution in [0.5, 0.6) is 11.5 Å². The second-order valence-corrected chi connectivity index (χ2v) is 7.76. The van der Waals surface area contributed by atoms with Crippen LogP contribution in [0.4, 0.5) is 4.79 Å². The summed E-state index contributed by atoms with van der Waals surface area (Å²) >= 11 is 0. The zero-order valence-electron chi connectivity index (χ0n) is 20.1. The molecule has 0 spiro atoms. The van der Waals surface area contributed by atoms with E-state index in [1.807, 2.05) is 55.5 Å². The maximum atomic E-state index is 13.4. The topological polar surface area (TPSA) is 92.7 Å². The number of nitrogens with zero attached hydrogens (tertiary/aromatic N) is 3. The standard InChI is InChI=1S/C25H32N4O5/c1-5-26-25(31)28(13-14-32-2)17-24(30)29-23(18-9-11-20(33-3)12-10-18)16-22(27-29)19-7-6-8-21(15-19)34-4/h6-12,15,23H,5,13-14,16-17H2,1-4H3,(H,26,31)/t23-/m1/s1. The number of hydrazone groups is 1. The van der Waals surface area contributed by atoms with Crippen molar-refractivity contribution in [3.63, 3.8) is 0 Å². The second kappa shape index (κ2) is 12.0. The van der Waals surface area contributed by atoms with Gasteiger partial charge in [-0.25, -0.2) is 9.80 Å². The van der Waals surface area contributed by atoms with E-state index < -0.39 is 0 Å². The Labute approximate surface area is 200 Å². The number of carbonyl (C=O) groups is 2. The summed E-state index contributed by atoms with van der Waals surface area (Å²) in [6.07, 6.45) is 0.532. The summed E-state index contributed by atoms with van der Waals surface area (Å²) in [7, 11) is 4.78. The van der Waals surface area contributed by atoms with Crippen LogP contribution in [-0.4, -0.2) is 75.1 Å². The van der Waals surface area contributed by atoms with Crippen LogP contribution in [0, 0.1) is 0 Å². The van der Waals surface area contributed by atoms with E-state index in [9.17, 15) is 9.59 Å². The van der Waals surface area contributed by atoms with Gasteiger partial charge in [-0.1, -0.05) is 24.3 Å². The highest BCUT2D eigenvalue weighted by atomic mass is 16.5. The molecule has 3 rings (SSSR count). The predicted molar refractivity (Wildman–Crippen MR) is 129 cm³/mol. The van der Waals surface area contributed by atoms with E-state index in [0.717, 1.165) is 22.6 Å². The molecular formula is C25H32N4O5. The first-order chi connectivity index (χ1) is 16.5. The number of hydrogen-bond acceptors (Lipinski definition) is 6. The van der Waals surface area contributed by atoms with Crippen LogP contribution in [0.25, 0.3) is 0 Å². The fourth-order valence-electron chi connectivity index (χ4n) is 3.76. The van der Waals surface area contributed by atoms with Gasteiger partial charge in [0.05, 0.1) is 32.6 Å². The summed E-state index contributed by atoms with van der Waals surface area (Å²) in [4.78, 5) is 27.4. The average molecular weight is 469 g/mol. The predicted octanol–water partition coefficient (Wildman–Crippen LogP) is 3.06. The minimum atomic E-state index is -0.315.